The number of aliphatic imine (C=N–C) groups is 1. The van der Waals surface area contributed by atoms with E-state index in [9.17, 15) is 4.39 Å². The average Bonchev–Trinajstić information content (AvgIpc) is 3.10. The van der Waals surface area contributed by atoms with Gasteiger partial charge in [0.15, 0.2) is 11.6 Å². The fourth-order valence-electron chi connectivity index (χ4n) is 2.23. The second-order valence-electron chi connectivity index (χ2n) is 5.83. The molecule has 1 aliphatic heterocycles. The summed E-state index contributed by atoms with van der Waals surface area (Å²) in [6.45, 7) is 0.600. The maximum atomic E-state index is 13.8. The van der Waals surface area contributed by atoms with Crippen molar-refractivity contribution in [3.05, 3.63) is 54.1 Å². The van der Waals surface area contributed by atoms with E-state index in [-0.39, 0.29) is 12.0 Å². The van der Waals surface area contributed by atoms with Gasteiger partial charge in [0.05, 0.1) is 31.0 Å². The SMILES string of the molecule is CN1C=NCC1Nc1ncc(F)c(Nc2cccnc2)n1.Nc1cc(Cl)ncn1. The van der Waals surface area contributed by atoms with Gasteiger partial charge in [0, 0.05) is 19.3 Å². The number of likely N-dealkylation sites (N-methyl/N-ethyl adjacent to an activating group) is 1. The molecule has 1 atom stereocenters. The van der Waals surface area contributed by atoms with Gasteiger partial charge in [0.2, 0.25) is 5.95 Å². The van der Waals surface area contributed by atoms with Gasteiger partial charge in [-0.1, -0.05) is 11.6 Å². The standard InChI is InChI=1S/C13H14FN7.C4H4ClN3/c1-21-8-16-7-11(21)19-13-17-6-10(14)12(20-13)18-9-3-2-4-15-5-9;5-3-1-4(6)8-2-7-3/h2-6,8,11H,7H2,1H3,(H2,17,18,19,20);1-2H,(H2,6,7,8). The number of halogens is 2. The topological polar surface area (TPSA) is 130 Å². The molecule has 4 rings (SSSR count). The first-order valence-electron chi connectivity index (χ1n) is 8.42. The number of nitrogen functional groups attached to an aromatic ring is 1. The van der Waals surface area contributed by atoms with Gasteiger partial charge < -0.3 is 21.3 Å². The smallest absolute Gasteiger partial charge is 0.226 e. The van der Waals surface area contributed by atoms with Gasteiger partial charge in [-0.15, -0.1) is 0 Å². The van der Waals surface area contributed by atoms with Crippen molar-refractivity contribution < 1.29 is 4.39 Å². The summed E-state index contributed by atoms with van der Waals surface area (Å²) in [5.41, 5.74) is 5.88. The van der Waals surface area contributed by atoms with Crippen LogP contribution in [-0.4, -0.2) is 55.9 Å². The monoisotopic (exact) mass is 416 g/mol. The molecule has 0 saturated carbocycles. The Morgan fingerprint density at radius 2 is 2.14 bits per heavy atom. The fourth-order valence-corrected chi connectivity index (χ4v) is 2.38. The maximum Gasteiger partial charge on any atom is 0.226 e. The molecule has 10 nitrogen and oxygen atoms in total. The third-order valence-electron chi connectivity index (χ3n) is 3.65. The van der Waals surface area contributed by atoms with Crippen LogP contribution in [0.15, 0.2) is 48.1 Å². The molecule has 0 aliphatic carbocycles. The highest BCUT2D eigenvalue weighted by molar-refractivity contribution is 6.29. The lowest BCUT2D eigenvalue weighted by atomic mass is 10.4. The Kier molecular flexibility index (Phi) is 6.63. The van der Waals surface area contributed by atoms with Crippen molar-refractivity contribution in [2.24, 2.45) is 4.99 Å². The molecule has 0 spiro atoms. The Hall–Kier alpha value is -3.60. The Bertz CT molecular complexity index is 954. The molecular formula is C17H18ClFN10. The summed E-state index contributed by atoms with van der Waals surface area (Å²) < 4.78 is 13.8. The van der Waals surface area contributed by atoms with E-state index in [1.165, 1.54) is 12.4 Å². The minimum Gasteiger partial charge on any atom is -0.384 e. The Morgan fingerprint density at radius 1 is 1.28 bits per heavy atom. The van der Waals surface area contributed by atoms with Crippen molar-refractivity contribution >= 4 is 41.2 Å². The van der Waals surface area contributed by atoms with Crippen LogP contribution < -0.4 is 16.4 Å². The van der Waals surface area contributed by atoms with E-state index in [4.69, 9.17) is 17.3 Å². The third-order valence-corrected chi connectivity index (χ3v) is 3.86. The molecular weight excluding hydrogens is 399 g/mol. The van der Waals surface area contributed by atoms with Gasteiger partial charge in [-0.05, 0) is 12.1 Å². The lowest BCUT2D eigenvalue weighted by Crippen LogP contribution is -2.35. The molecule has 12 heteroatoms. The molecule has 4 heterocycles. The van der Waals surface area contributed by atoms with Crippen molar-refractivity contribution in [3.8, 4) is 0 Å². The molecule has 0 saturated heterocycles. The lowest BCUT2D eigenvalue weighted by Gasteiger charge is -2.20. The Morgan fingerprint density at radius 3 is 2.76 bits per heavy atom. The molecule has 3 aromatic heterocycles. The van der Waals surface area contributed by atoms with E-state index >= 15 is 0 Å². The van der Waals surface area contributed by atoms with Crippen LogP contribution in [0.25, 0.3) is 0 Å². The predicted molar refractivity (Wildman–Crippen MR) is 109 cm³/mol. The minimum atomic E-state index is -0.527. The lowest BCUT2D eigenvalue weighted by molar-refractivity contribution is 0.449. The van der Waals surface area contributed by atoms with Crippen LogP contribution in [0.1, 0.15) is 0 Å². The summed E-state index contributed by atoms with van der Waals surface area (Å²) in [5, 5.41) is 6.35. The fraction of sp³-hybridized carbons (Fsp3) is 0.176. The zero-order valence-corrected chi connectivity index (χ0v) is 16.1. The molecule has 150 valence electrons. The van der Waals surface area contributed by atoms with Gasteiger partial charge in [0.25, 0.3) is 0 Å². The number of hydrogen-bond acceptors (Lipinski definition) is 10. The summed E-state index contributed by atoms with van der Waals surface area (Å²) >= 11 is 5.41. The van der Waals surface area contributed by atoms with Crippen LogP contribution >= 0.6 is 11.6 Å². The highest BCUT2D eigenvalue weighted by atomic mass is 35.5. The van der Waals surface area contributed by atoms with Crippen molar-refractivity contribution in [3.63, 3.8) is 0 Å². The average molecular weight is 417 g/mol. The van der Waals surface area contributed by atoms with Gasteiger partial charge >= 0.3 is 0 Å². The number of nitrogens with one attached hydrogen (secondary N) is 2. The van der Waals surface area contributed by atoms with E-state index in [2.05, 4.69) is 40.5 Å². The van der Waals surface area contributed by atoms with Crippen molar-refractivity contribution in [2.45, 2.75) is 6.17 Å². The normalized spacial score (nSPS) is 14.9. The third kappa shape index (κ3) is 5.94. The Labute approximate surface area is 171 Å². The van der Waals surface area contributed by atoms with Crippen molar-refractivity contribution in [1.29, 1.82) is 0 Å². The van der Waals surface area contributed by atoms with E-state index in [1.54, 1.807) is 30.9 Å². The minimum absolute atomic E-state index is 0.0262. The maximum absolute atomic E-state index is 13.8. The second-order valence-corrected chi connectivity index (χ2v) is 6.22. The molecule has 0 aromatic carbocycles. The highest BCUT2D eigenvalue weighted by Crippen LogP contribution is 2.18. The van der Waals surface area contributed by atoms with Gasteiger partial charge in [-0.25, -0.2) is 19.3 Å². The van der Waals surface area contributed by atoms with Crippen LogP contribution in [0.3, 0.4) is 0 Å². The second kappa shape index (κ2) is 9.55. The molecule has 0 bridgehead atoms. The molecule has 0 amide bonds. The van der Waals surface area contributed by atoms with Gasteiger partial charge in [0.1, 0.15) is 23.5 Å². The largest absolute Gasteiger partial charge is 0.384 e. The zero-order valence-electron chi connectivity index (χ0n) is 15.4. The van der Waals surface area contributed by atoms with Crippen molar-refractivity contribution in [1.82, 2.24) is 29.8 Å². The van der Waals surface area contributed by atoms with Crippen LogP contribution in [0, 0.1) is 5.82 Å². The zero-order chi connectivity index (χ0) is 20.6. The van der Waals surface area contributed by atoms with E-state index in [0.29, 0.717) is 29.2 Å². The van der Waals surface area contributed by atoms with Crippen LogP contribution in [0.4, 0.5) is 27.7 Å². The molecule has 0 radical (unpaired) electrons. The molecule has 0 fully saturated rings. The van der Waals surface area contributed by atoms with E-state index < -0.39 is 5.82 Å². The number of anilines is 4. The molecule has 29 heavy (non-hydrogen) atoms. The number of nitrogens with two attached hydrogens (primary N) is 1. The highest BCUT2D eigenvalue weighted by Gasteiger charge is 2.18. The van der Waals surface area contributed by atoms with Crippen LogP contribution in [-0.2, 0) is 0 Å². The Balaban J connectivity index is 0.000000252. The molecule has 1 aliphatic rings. The van der Waals surface area contributed by atoms with Crippen LogP contribution in [0.2, 0.25) is 5.15 Å². The summed E-state index contributed by atoms with van der Waals surface area (Å²) in [4.78, 5) is 25.3. The quantitative estimate of drug-likeness (QED) is 0.547. The summed E-state index contributed by atoms with van der Waals surface area (Å²) in [7, 11) is 1.90. The van der Waals surface area contributed by atoms with Gasteiger partial charge in [-0.2, -0.15) is 4.98 Å². The first-order chi connectivity index (χ1) is 14.0. The van der Waals surface area contributed by atoms with E-state index in [0.717, 1.165) is 6.20 Å². The van der Waals surface area contributed by atoms with Crippen LogP contribution in [0.5, 0.6) is 0 Å². The number of hydrogen-bond donors (Lipinski definition) is 3. The summed E-state index contributed by atoms with van der Waals surface area (Å²) in [6, 6.07) is 5.02. The first-order valence-corrected chi connectivity index (χ1v) is 8.80. The predicted octanol–water partition coefficient (Wildman–Crippen LogP) is 2.18. The molecule has 1 unspecified atom stereocenters. The van der Waals surface area contributed by atoms with Crippen molar-refractivity contribution in [2.75, 3.05) is 30.0 Å². The number of rotatable bonds is 4. The first kappa shape index (κ1) is 20.1. The summed E-state index contributed by atoms with van der Waals surface area (Å²) in [5.74, 6) is 0.303. The van der Waals surface area contributed by atoms with E-state index in [1.807, 2.05) is 11.9 Å². The number of aromatic nitrogens is 5. The molecule has 4 N–H and O–H groups in total. The van der Waals surface area contributed by atoms with Gasteiger partial charge in [-0.3, -0.25) is 9.98 Å². The number of nitrogens with zero attached hydrogens (tertiary/aromatic N) is 7. The number of pyridine rings is 1. The molecule has 3 aromatic rings. The summed E-state index contributed by atoms with van der Waals surface area (Å²) in [6.07, 6.45) is 7.39.